The molecule has 3 aliphatic rings. The van der Waals surface area contributed by atoms with Gasteiger partial charge in [-0.15, -0.1) is 0 Å². The number of benzene rings is 2. The molecule has 8 N–H and O–H groups in total. The number of phenols is 2. The van der Waals surface area contributed by atoms with Gasteiger partial charge in [-0.2, -0.15) is 0 Å². The summed E-state index contributed by atoms with van der Waals surface area (Å²) in [5.74, 6) is -3.54. The van der Waals surface area contributed by atoms with Crippen LogP contribution in [-0.4, -0.2) is 115 Å². The molecule has 2 aromatic carbocycles. The van der Waals surface area contributed by atoms with Crippen LogP contribution in [0.5, 0.6) is 23.0 Å². The van der Waals surface area contributed by atoms with Crippen LogP contribution in [0.15, 0.2) is 36.4 Å². The quantitative estimate of drug-likeness (QED) is 0.189. The molecule has 0 aliphatic carbocycles. The molecular weight excluding hydrogens is 548 g/mol. The van der Waals surface area contributed by atoms with E-state index in [0.717, 1.165) is 6.07 Å². The van der Waals surface area contributed by atoms with Crippen LogP contribution in [-0.2, 0) is 14.2 Å². The van der Waals surface area contributed by atoms with Crippen molar-refractivity contribution >= 4 is 5.78 Å². The average molecular weight is 581 g/mol. The molecular formula is C27H32O14. The topological polar surface area (TPSA) is 225 Å². The number of Topliss-reactive ketones (excluding diaryl/α,β-unsaturated/α-hetero) is 1. The van der Waals surface area contributed by atoms with Crippen molar-refractivity contribution in [1.29, 1.82) is 0 Å². The van der Waals surface area contributed by atoms with Crippen molar-refractivity contribution in [3.8, 4) is 23.0 Å². The number of rotatable bonds is 6. The van der Waals surface area contributed by atoms with Gasteiger partial charge in [0.2, 0.25) is 0 Å². The molecule has 41 heavy (non-hydrogen) atoms. The number of aliphatic hydroxyl groups excluding tert-OH is 6. The van der Waals surface area contributed by atoms with Crippen molar-refractivity contribution in [2.45, 2.75) is 74.3 Å². The summed E-state index contributed by atoms with van der Waals surface area (Å²) in [6.45, 7) is 0.116. The number of ketones is 1. The largest absolute Gasteiger partial charge is 0.508 e. The Labute approximate surface area is 233 Å². The zero-order valence-corrected chi connectivity index (χ0v) is 21.8. The first-order chi connectivity index (χ1) is 19.4. The number of hydrogen-bond acceptors (Lipinski definition) is 14. The third-order valence-corrected chi connectivity index (χ3v) is 7.49. The molecule has 0 radical (unpaired) electrons. The molecule has 224 valence electrons. The summed E-state index contributed by atoms with van der Waals surface area (Å²) in [4.78, 5) is 12.9. The SMILES string of the molecule is CC1OC(OC2(Oc3cc(O)c4c(c3)O[C@H](c3ccc(O)cc3)CC4=O)COC(CO)C(O)C2O)C(O)C(O)C1O. The van der Waals surface area contributed by atoms with Crippen LogP contribution in [0.2, 0.25) is 0 Å². The fourth-order valence-corrected chi connectivity index (χ4v) is 5.10. The van der Waals surface area contributed by atoms with Gasteiger partial charge in [0, 0.05) is 12.1 Å². The van der Waals surface area contributed by atoms with Crippen LogP contribution in [0, 0.1) is 0 Å². The Morgan fingerprint density at radius 1 is 0.976 bits per heavy atom. The fraction of sp³-hybridized carbons (Fsp3) is 0.519. The van der Waals surface area contributed by atoms with Crippen LogP contribution in [0.4, 0.5) is 0 Å². The normalized spacial score (nSPS) is 37.2. The van der Waals surface area contributed by atoms with Gasteiger partial charge in [-0.3, -0.25) is 4.79 Å². The minimum Gasteiger partial charge on any atom is -0.508 e. The predicted octanol–water partition coefficient (Wildman–Crippen LogP) is -1.16. The van der Waals surface area contributed by atoms with Gasteiger partial charge < -0.3 is 64.5 Å². The van der Waals surface area contributed by atoms with Crippen LogP contribution in [0.3, 0.4) is 0 Å². The fourth-order valence-electron chi connectivity index (χ4n) is 5.10. The maximum atomic E-state index is 12.9. The van der Waals surface area contributed by atoms with Crippen LogP contribution in [0.1, 0.15) is 35.4 Å². The number of fused-ring (bicyclic) bond motifs is 1. The summed E-state index contributed by atoms with van der Waals surface area (Å²) in [5, 5.41) is 82.4. The Kier molecular flexibility index (Phi) is 8.13. The van der Waals surface area contributed by atoms with E-state index in [0.29, 0.717) is 5.56 Å². The van der Waals surface area contributed by atoms with Crippen molar-refractivity contribution in [3.05, 3.63) is 47.5 Å². The first-order valence-corrected chi connectivity index (χ1v) is 12.9. The second-order valence-electron chi connectivity index (χ2n) is 10.3. The molecule has 3 aliphatic heterocycles. The Balaban J connectivity index is 1.48. The van der Waals surface area contributed by atoms with Crippen molar-refractivity contribution < 1.29 is 69.3 Å². The Bertz CT molecular complexity index is 1250. The lowest BCUT2D eigenvalue weighted by molar-refractivity contribution is -0.397. The summed E-state index contributed by atoms with van der Waals surface area (Å²) in [6.07, 6.45) is -13.4. The Hall–Kier alpha value is -3.05. The molecule has 9 unspecified atom stereocenters. The molecule has 0 saturated carbocycles. The van der Waals surface area contributed by atoms with E-state index in [1.54, 1.807) is 12.1 Å². The molecule has 2 fully saturated rings. The number of phenolic OH excluding ortho intramolecular Hbond substituents is 2. The zero-order chi connectivity index (χ0) is 29.6. The molecule has 10 atom stereocenters. The second-order valence-corrected chi connectivity index (χ2v) is 10.3. The summed E-state index contributed by atoms with van der Waals surface area (Å²) < 4.78 is 28.7. The second kappa shape index (κ2) is 11.3. The smallest absolute Gasteiger partial charge is 0.265 e. The van der Waals surface area contributed by atoms with Gasteiger partial charge in [0.1, 0.15) is 71.8 Å². The maximum absolute atomic E-state index is 12.9. The van der Waals surface area contributed by atoms with Gasteiger partial charge >= 0.3 is 0 Å². The molecule has 0 aromatic heterocycles. The summed E-state index contributed by atoms with van der Waals surface area (Å²) in [5.41, 5.74) is 0.472. The van der Waals surface area contributed by atoms with Crippen LogP contribution in [0.25, 0.3) is 0 Å². The highest BCUT2D eigenvalue weighted by molar-refractivity contribution is 6.02. The average Bonchev–Trinajstić information content (AvgIpc) is 2.93. The number of ether oxygens (including phenoxy) is 5. The minimum atomic E-state index is -2.35. The Morgan fingerprint density at radius 3 is 2.37 bits per heavy atom. The van der Waals surface area contributed by atoms with E-state index in [1.807, 2.05) is 0 Å². The van der Waals surface area contributed by atoms with Crippen LogP contribution < -0.4 is 9.47 Å². The van der Waals surface area contributed by atoms with Gasteiger partial charge in [-0.05, 0) is 24.6 Å². The van der Waals surface area contributed by atoms with E-state index in [-0.39, 0.29) is 29.2 Å². The van der Waals surface area contributed by atoms with Crippen molar-refractivity contribution in [3.63, 3.8) is 0 Å². The lowest BCUT2D eigenvalue weighted by Gasteiger charge is -2.48. The van der Waals surface area contributed by atoms with E-state index >= 15 is 0 Å². The molecule has 14 heteroatoms. The number of aromatic hydroxyl groups is 2. The highest BCUT2D eigenvalue weighted by Gasteiger charge is 2.56. The number of carbonyl (C=O) groups is 1. The molecule has 14 nitrogen and oxygen atoms in total. The van der Waals surface area contributed by atoms with Crippen molar-refractivity contribution in [1.82, 2.24) is 0 Å². The van der Waals surface area contributed by atoms with E-state index in [2.05, 4.69) is 0 Å². The van der Waals surface area contributed by atoms with Crippen molar-refractivity contribution in [2.24, 2.45) is 0 Å². The minimum absolute atomic E-state index is 0.0253. The first kappa shape index (κ1) is 29.4. The lowest BCUT2D eigenvalue weighted by Crippen LogP contribution is -2.69. The highest BCUT2D eigenvalue weighted by atomic mass is 16.8. The number of carbonyl (C=O) groups excluding carboxylic acids is 1. The summed E-state index contributed by atoms with van der Waals surface area (Å²) in [6, 6.07) is 8.34. The van der Waals surface area contributed by atoms with Gasteiger partial charge in [0.25, 0.3) is 5.79 Å². The predicted molar refractivity (Wildman–Crippen MR) is 134 cm³/mol. The van der Waals surface area contributed by atoms with Crippen molar-refractivity contribution in [2.75, 3.05) is 13.2 Å². The molecule has 3 heterocycles. The zero-order valence-electron chi connectivity index (χ0n) is 21.8. The third kappa shape index (κ3) is 5.46. The van der Waals surface area contributed by atoms with Crippen LogP contribution >= 0.6 is 0 Å². The van der Waals surface area contributed by atoms with Gasteiger partial charge in [0.15, 0.2) is 18.2 Å². The molecule has 0 bridgehead atoms. The van der Waals surface area contributed by atoms with Gasteiger partial charge in [-0.1, -0.05) is 12.1 Å². The van der Waals surface area contributed by atoms with E-state index < -0.39 is 85.7 Å². The van der Waals surface area contributed by atoms with Gasteiger partial charge in [0.05, 0.1) is 19.1 Å². The van der Waals surface area contributed by atoms with E-state index in [4.69, 9.17) is 23.7 Å². The molecule has 5 rings (SSSR count). The monoisotopic (exact) mass is 580 g/mol. The molecule has 2 saturated heterocycles. The standard InChI is InChI=1S/C27H32O14/c1-11-21(32)23(34)24(35)26(38-11)41-27(10-37-19(9-28)22(33)25(27)36)40-14-6-15(30)20-16(31)8-17(39-18(20)7-14)12-2-4-13(29)5-3-12/h2-7,11,17,19,21-26,28-30,32-36H,8-10H2,1H3/t11?,17-,19?,21?,22?,23?,24?,25?,26?,27?/m0/s1. The highest BCUT2D eigenvalue weighted by Crippen LogP contribution is 2.44. The lowest BCUT2D eigenvalue weighted by atomic mass is 9.94. The number of hydrogen-bond donors (Lipinski definition) is 8. The van der Waals surface area contributed by atoms with E-state index in [1.165, 1.54) is 25.1 Å². The first-order valence-electron chi connectivity index (χ1n) is 12.9. The summed E-state index contributed by atoms with van der Waals surface area (Å²) >= 11 is 0. The maximum Gasteiger partial charge on any atom is 0.265 e. The molecule has 0 spiro atoms. The molecule has 0 amide bonds. The van der Waals surface area contributed by atoms with Gasteiger partial charge in [-0.25, -0.2) is 0 Å². The Morgan fingerprint density at radius 2 is 1.68 bits per heavy atom. The molecule has 2 aromatic rings. The third-order valence-electron chi connectivity index (χ3n) is 7.49. The number of aliphatic hydroxyl groups is 6. The summed E-state index contributed by atoms with van der Waals surface area (Å²) in [7, 11) is 0. The van der Waals surface area contributed by atoms with E-state index in [9.17, 15) is 45.6 Å².